The summed E-state index contributed by atoms with van der Waals surface area (Å²) in [6.45, 7) is 1.44. The highest BCUT2D eigenvalue weighted by molar-refractivity contribution is 14.0. The van der Waals surface area contributed by atoms with Gasteiger partial charge in [0.25, 0.3) is 0 Å². The number of likely N-dealkylation sites (N-methyl/N-ethyl adjacent to an activating group) is 1. The molecule has 0 amide bonds. The molecule has 2 aromatic rings. The Kier molecular flexibility index (Phi) is 11.3. The molecule has 32 heavy (non-hydrogen) atoms. The van der Waals surface area contributed by atoms with E-state index in [-0.39, 0.29) is 29.9 Å². The van der Waals surface area contributed by atoms with Gasteiger partial charge in [0.1, 0.15) is 5.69 Å². The molecule has 178 valence electrons. The van der Waals surface area contributed by atoms with Gasteiger partial charge >= 0.3 is 6.18 Å². The van der Waals surface area contributed by atoms with Crippen LogP contribution in [0.3, 0.4) is 0 Å². The number of aliphatic imine (C=N–C) groups is 1. The molecule has 0 fully saturated rings. The van der Waals surface area contributed by atoms with E-state index >= 15 is 0 Å². The van der Waals surface area contributed by atoms with E-state index in [1.54, 1.807) is 21.3 Å². The largest absolute Gasteiger partial charge is 0.493 e. The number of guanidine groups is 1. The predicted molar refractivity (Wildman–Crippen MR) is 128 cm³/mol. The van der Waals surface area contributed by atoms with Crippen molar-refractivity contribution in [2.24, 2.45) is 4.99 Å². The van der Waals surface area contributed by atoms with Crippen molar-refractivity contribution in [3.63, 3.8) is 0 Å². The Morgan fingerprint density at radius 2 is 1.84 bits per heavy atom. The number of ether oxygens (including phenoxy) is 2. The van der Waals surface area contributed by atoms with Gasteiger partial charge in [-0.05, 0) is 30.2 Å². The molecule has 1 heterocycles. The maximum atomic E-state index is 12.7. The highest BCUT2D eigenvalue weighted by Gasteiger charge is 2.32. The van der Waals surface area contributed by atoms with Gasteiger partial charge in [-0.15, -0.1) is 24.0 Å². The van der Waals surface area contributed by atoms with Crippen LogP contribution in [0.15, 0.2) is 35.5 Å². The zero-order chi connectivity index (χ0) is 22.9. The summed E-state index contributed by atoms with van der Waals surface area (Å²) >= 11 is 0. The number of benzene rings is 1. The van der Waals surface area contributed by atoms with Crippen molar-refractivity contribution < 1.29 is 22.6 Å². The zero-order valence-electron chi connectivity index (χ0n) is 18.4. The van der Waals surface area contributed by atoms with Gasteiger partial charge in [0, 0.05) is 39.9 Å². The predicted octanol–water partition coefficient (Wildman–Crippen LogP) is 3.29. The lowest BCUT2D eigenvalue weighted by Gasteiger charge is -2.22. The molecule has 2 rings (SSSR count). The Balaban J connectivity index is 0.00000512. The fraction of sp³-hybridized carbons (Fsp3) is 0.450. The molecule has 0 saturated heterocycles. The second-order valence-electron chi connectivity index (χ2n) is 6.52. The SMILES string of the molecule is CN=C(NCCNc1nccc(C(F)(F)F)n1)N(C)CCc1ccc(OC)c(OC)c1.I. The van der Waals surface area contributed by atoms with Gasteiger partial charge < -0.3 is 25.0 Å². The van der Waals surface area contributed by atoms with Crippen molar-refractivity contribution in [2.75, 3.05) is 53.3 Å². The minimum atomic E-state index is -4.50. The fourth-order valence-electron chi connectivity index (χ4n) is 2.77. The summed E-state index contributed by atoms with van der Waals surface area (Å²) < 4.78 is 48.7. The van der Waals surface area contributed by atoms with Gasteiger partial charge in [-0.1, -0.05) is 6.07 Å². The molecule has 0 spiro atoms. The van der Waals surface area contributed by atoms with Gasteiger partial charge in [-0.25, -0.2) is 9.97 Å². The van der Waals surface area contributed by atoms with Crippen LogP contribution in [-0.2, 0) is 12.6 Å². The molecular weight excluding hydrogens is 540 g/mol. The Labute approximate surface area is 202 Å². The van der Waals surface area contributed by atoms with Gasteiger partial charge in [0.05, 0.1) is 14.2 Å². The van der Waals surface area contributed by atoms with Crippen molar-refractivity contribution in [3.8, 4) is 11.5 Å². The van der Waals surface area contributed by atoms with Crippen LogP contribution in [0, 0.1) is 0 Å². The van der Waals surface area contributed by atoms with E-state index < -0.39 is 11.9 Å². The summed E-state index contributed by atoms with van der Waals surface area (Å²) in [5.41, 5.74) is 0.104. The van der Waals surface area contributed by atoms with E-state index in [2.05, 4.69) is 25.6 Å². The van der Waals surface area contributed by atoms with Crippen LogP contribution in [0.5, 0.6) is 11.5 Å². The van der Waals surface area contributed by atoms with Gasteiger partial charge in [0.2, 0.25) is 5.95 Å². The first-order valence-electron chi connectivity index (χ1n) is 9.55. The van der Waals surface area contributed by atoms with E-state index in [1.165, 1.54) is 0 Å². The highest BCUT2D eigenvalue weighted by atomic mass is 127. The summed E-state index contributed by atoms with van der Waals surface area (Å²) in [4.78, 5) is 13.5. The summed E-state index contributed by atoms with van der Waals surface area (Å²) in [7, 11) is 6.75. The number of nitrogens with one attached hydrogen (secondary N) is 2. The molecule has 0 aliphatic heterocycles. The molecule has 2 N–H and O–H groups in total. The van der Waals surface area contributed by atoms with Gasteiger partial charge in [0.15, 0.2) is 17.5 Å². The molecule has 1 aromatic carbocycles. The molecule has 0 atom stereocenters. The Morgan fingerprint density at radius 1 is 1.12 bits per heavy atom. The monoisotopic (exact) mass is 568 g/mol. The second-order valence-corrected chi connectivity index (χ2v) is 6.52. The molecule has 0 radical (unpaired) electrons. The van der Waals surface area contributed by atoms with Crippen LogP contribution < -0.4 is 20.1 Å². The number of nitrogens with zero attached hydrogens (tertiary/aromatic N) is 4. The van der Waals surface area contributed by atoms with Crippen LogP contribution in [-0.4, -0.2) is 68.8 Å². The van der Waals surface area contributed by atoms with Crippen molar-refractivity contribution in [3.05, 3.63) is 41.7 Å². The first kappa shape index (κ1) is 27.5. The van der Waals surface area contributed by atoms with Crippen LogP contribution in [0.25, 0.3) is 0 Å². The number of rotatable bonds is 9. The molecule has 0 bridgehead atoms. The third kappa shape index (κ3) is 8.20. The maximum absolute atomic E-state index is 12.7. The topological polar surface area (TPSA) is 83.9 Å². The van der Waals surface area contributed by atoms with Crippen LogP contribution in [0.4, 0.5) is 19.1 Å². The normalized spacial score (nSPS) is 11.4. The number of hydrogen-bond donors (Lipinski definition) is 2. The minimum Gasteiger partial charge on any atom is -0.493 e. The lowest BCUT2D eigenvalue weighted by molar-refractivity contribution is -0.141. The number of halogens is 4. The Morgan fingerprint density at radius 3 is 2.47 bits per heavy atom. The van der Waals surface area contributed by atoms with Crippen molar-refractivity contribution in [1.29, 1.82) is 0 Å². The first-order chi connectivity index (χ1) is 14.8. The summed E-state index contributed by atoms with van der Waals surface area (Å²) in [6, 6.07) is 6.60. The molecule has 12 heteroatoms. The second kappa shape index (κ2) is 13.1. The third-order valence-corrected chi connectivity index (χ3v) is 4.39. The molecule has 0 saturated carbocycles. The number of aromatic nitrogens is 2. The van der Waals surface area contributed by atoms with E-state index in [9.17, 15) is 13.2 Å². The fourth-order valence-corrected chi connectivity index (χ4v) is 2.77. The van der Waals surface area contributed by atoms with Crippen LogP contribution in [0.1, 0.15) is 11.3 Å². The van der Waals surface area contributed by atoms with E-state index in [0.717, 1.165) is 24.2 Å². The standard InChI is InChI=1S/C20H27F3N6O2.HI/c1-24-19(27-11-10-26-18-25-9-7-17(28-18)20(21,22)23)29(2)12-8-14-5-6-15(30-3)16(13-14)31-4;/h5-7,9,13H,8,10-12H2,1-4H3,(H,24,27)(H,25,26,28);1H. The molecule has 0 aliphatic carbocycles. The molecule has 0 aliphatic rings. The summed E-state index contributed by atoms with van der Waals surface area (Å²) in [5.74, 6) is 1.93. The minimum absolute atomic E-state index is 0. The number of methoxy groups -OCH3 is 2. The molecule has 0 unspecified atom stereocenters. The van der Waals surface area contributed by atoms with Crippen LogP contribution >= 0.6 is 24.0 Å². The molecular formula is C20H28F3IN6O2. The van der Waals surface area contributed by atoms with Gasteiger partial charge in [-0.2, -0.15) is 13.2 Å². The van der Waals surface area contributed by atoms with E-state index in [4.69, 9.17) is 9.47 Å². The lowest BCUT2D eigenvalue weighted by atomic mass is 10.1. The van der Waals surface area contributed by atoms with Gasteiger partial charge in [-0.3, -0.25) is 4.99 Å². The van der Waals surface area contributed by atoms with Crippen molar-refractivity contribution in [1.82, 2.24) is 20.2 Å². The average Bonchev–Trinajstić information content (AvgIpc) is 2.76. The summed E-state index contributed by atoms with van der Waals surface area (Å²) in [6.07, 6.45) is -2.67. The van der Waals surface area contributed by atoms with E-state index in [1.807, 2.05) is 30.1 Å². The Bertz CT molecular complexity index is 883. The zero-order valence-corrected chi connectivity index (χ0v) is 20.7. The average molecular weight is 568 g/mol. The number of anilines is 1. The lowest BCUT2D eigenvalue weighted by Crippen LogP contribution is -2.41. The van der Waals surface area contributed by atoms with Crippen LogP contribution in [0.2, 0.25) is 0 Å². The maximum Gasteiger partial charge on any atom is 0.433 e. The summed E-state index contributed by atoms with van der Waals surface area (Å²) in [5, 5.41) is 5.93. The molecule has 1 aromatic heterocycles. The highest BCUT2D eigenvalue weighted by Crippen LogP contribution is 2.28. The van der Waals surface area contributed by atoms with Crippen molar-refractivity contribution in [2.45, 2.75) is 12.6 Å². The Hall–Kier alpha value is -2.51. The quantitative estimate of drug-likeness (QED) is 0.208. The number of alkyl halides is 3. The first-order valence-corrected chi connectivity index (χ1v) is 9.55. The smallest absolute Gasteiger partial charge is 0.433 e. The van der Waals surface area contributed by atoms with E-state index in [0.29, 0.717) is 37.1 Å². The van der Waals surface area contributed by atoms with Crippen molar-refractivity contribution >= 4 is 35.9 Å². The molecule has 8 nitrogen and oxygen atoms in total. The number of hydrogen-bond acceptors (Lipinski definition) is 6. The third-order valence-electron chi connectivity index (χ3n) is 4.39.